The maximum absolute atomic E-state index is 11.6. The lowest BCUT2D eigenvalue weighted by Crippen LogP contribution is -2.54. The van der Waals surface area contributed by atoms with Crippen molar-refractivity contribution in [1.29, 1.82) is 0 Å². The summed E-state index contributed by atoms with van der Waals surface area (Å²) in [4.78, 5) is 15.0. The Kier molecular flexibility index (Phi) is 3.79. The number of rotatable bonds is 3. The molecule has 0 bridgehead atoms. The topological polar surface area (TPSA) is 42.7 Å². The van der Waals surface area contributed by atoms with Crippen molar-refractivity contribution in [1.82, 2.24) is 5.32 Å². The fourth-order valence-corrected chi connectivity index (χ4v) is 1.83. The highest BCUT2D eigenvalue weighted by Gasteiger charge is 2.39. The number of nitrogens with one attached hydrogen (secondary N) is 1. The van der Waals surface area contributed by atoms with Crippen LogP contribution in [0.4, 0.5) is 4.79 Å². The molecule has 1 N–H and O–H groups in total. The SMILES string of the molecule is [C-]#[N+]CCC1(NC(=O)OC(C)(C)C)CCC1. The van der Waals surface area contributed by atoms with Crippen molar-refractivity contribution in [2.45, 2.75) is 57.6 Å². The van der Waals surface area contributed by atoms with Crippen molar-refractivity contribution in [2.24, 2.45) is 0 Å². The van der Waals surface area contributed by atoms with E-state index in [0.29, 0.717) is 6.54 Å². The highest BCUT2D eigenvalue weighted by Crippen LogP contribution is 2.35. The van der Waals surface area contributed by atoms with E-state index in [1.807, 2.05) is 20.8 Å². The number of hydrogen-bond donors (Lipinski definition) is 1. The molecule has 0 spiro atoms. The van der Waals surface area contributed by atoms with Crippen LogP contribution in [0.15, 0.2) is 0 Å². The van der Waals surface area contributed by atoms with Gasteiger partial charge in [-0.2, -0.15) is 0 Å². The second-order valence-electron chi connectivity index (χ2n) is 5.39. The Morgan fingerprint density at radius 1 is 1.50 bits per heavy atom. The number of hydrogen-bond acceptors (Lipinski definition) is 2. The molecule has 1 aliphatic rings. The predicted octanol–water partition coefficient (Wildman–Crippen LogP) is 2.74. The molecule has 0 aromatic heterocycles. The molecule has 0 heterocycles. The normalized spacial score (nSPS) is 18.1. The van der Waals surface area contributed by atoms with Crippen molar-refractivity contribution in [2.75, 3.05) is 6.54 Å². The molecule has 90 valence electrons. The van der Waals surface area contributed by atoms with Crippen molar-refractivity contribution in [3.63, 3.8) is 0 Å². The molecule has 1 rings (SSSR count). The smallest absolute Gasteiger partial charge is 0.408 e. The van der Waals surface area contributed by atoms with Crippen molar-refractivity contribution in [3.8, 4) is 0 Å². The third-order valence-corrected chi connectivity index (χ3v) is 2.78. The third kappa shape index (κ3) is 3.73. The molecule has 0 saturated heterocycles. The van der Waals surface area contributed by atoms with Crippen LogP contribution in [0.3, 0.4) is 0 Å². The third-order valence-electron chi connectivity index (χ3n) is 2.78. The molecule has 1 aliphatic carbocycles. The van der Waals surface area contributed by atoms with Crippen LogP contribution in [0, 0.1) is 6.57 Å². The number of amides is 1. The molecule has 0 unspecified atom stereocenters. The van der Waals surface area contributed by atoms with Gasteiger partial charge in [-0.3, -0.25) is 0 Å². The molecular formula is C12H20N2O2. The standard InChI is InChI=1S/C12H20N2O2/c1-11(2,3)16-10(15)14-12(6-5-7-12)8-9-13-4/h5-9H2,1-3H3,(H,14,15). The fraction of sp³-hybridized carbons (Fsp3) is 0.833. The van der Waals surface area contributed by atoms with Gasteiger partial charge in [-0.25, -0.2) is 11.4 Å². The first-order valence-electron chi connectivity index (χ1n) is 5.71. The summed E-state index contributed by atoms with van der Waals surface area (Å²) < 4.78 is 5.22. The second kappa shape index (κ2) is 4.73. The molecular weight excluding hydrogens is 204 g/mol. The van der Waals surface area contributed by atoms with Gasteiger partial charge < -0.3 is 14.9 Å². The Labute approximate surface area is 97.2 Å². The Morgan fingerprint density at radius 3 is 2.50 bits per heavy atom. The van der Waals surface area contributed by atoms with E-state index in [9.17, 15) is 4.79 Å². The summed E-state index contributed by atoms with van der Waals surface area (Å²) in [6.07, 6.45) is 3.41. The minimum atomic E-state index is -0.463. The van der Waals surface area contributed by atoms with Crippen LogP contribution in [0.1, 0.15) is 46.5 Å². The van der Waals surface area contributed by atoms with Crippen LogP contribution in [-0.4, -0.2) is 23.8 Å². The lowest BCUT2D eigenvalue weighted by atomic mass is 9.74. The average Bonchev–Trinajstić information content (AvgIpc) is 2.06. The highest BCUT2D eigenvalue weighted by atomic mass is 16.6. The van der Waals surface area contributed by atoms with E-state index >= 15 is 0 Å². The molecule has 4 nitrogen and oxygen atoms in total. The Balaban J connectivity index is 2.44. The molecule has 0 aliphatic heterocycles. The van der Waals surface area contributed by atoms with Gasteiger partial charge in [-0.05, 0) is 40.0 Å². The summed E-state index contributed by atoms with van der Waals surface area (Å²) >= 11 is 0. The van der Waals surface area contributed by atoms with Gasteiger partial charge in [0.1, 0.15) is 5.60 Å². The molecule has 0 aromatic carbocycles. The summed E-state index contributed by atoms with van der Waals surface area (Å²) in [6.45, 7) is 12.8. The lowest BCUT2D eigenvalue weighted by Gasteiger charge is -2.41. The molecule has 4 heteroatoms. The monoisotopic (exact) mass is 224 g/mol. The number of alkyl carbamates (subject to hydrolysis) is 1. The predicted molar refractivity (Wildman–Crippen MR) is 62.0 cm³/mol. The second-order valence-corrected chi connectivity index (χ2v) is 5.39. The van der Waals surface area contributed by atoms with Crippen LogP contribution in [-0.2, 0) is 4.74 Å². The summed E-state index contributed by atoms with van der Waals surface area (Å²) in [7, 11) is 0. The van der Waals surface area contributed by atoms with E-state index < -0.39 is 5.60 Å². The van der Waals surface area contributed by atoms with Gasteiger partial charge in [0.15, 0.2) is 0 Å². The first-order chi connectivity index (χ1) is 7.37. The number of carbonyl (C=O) groups is 1. The van der Waals surface area contributed by atoms with Gasteiger partial charge in [0, 0.05) is 6.42 Å². The minimum absolute atomic E-state index is 0.174. The summed E-state index contributed by atoms with van der Waals surface area (Å²) in [6, 6.07) is 0. The van der Waals surface area contributed by atoms with Crippen LogP contribution in [0.5, 0.6) is 0 Å². The Bertz CT molecular complexity index is 295. The maximum atomic E-state index is 11.6. The summed E-state index contributed by atoms with van der Waals surface area (Å²) in [5.41, 5.74) is -0.637. The van der Waals surface area contributed by atoms with Gasteiger partial charge in [-0.1, -0.05) is 0 Å². The minimum Gasteiger partial charge on any atom is -0.444 e. The van der Waals surface area contributed by atoms with Gasteiger partial charge in [0.25, 0.3) is 0 Å². The Hall–Kier alpha value is -1.24. The van der Waals surface area contributed by atoms with Gasteiger partial charge >= 0.3 is 6.09 Å². The number of carbonyl (C=O) groups excluding carboxylic acids is 1. The summed E-state index contributed by atoms with van der Waals surface area (Å²) in [5.74, 6) is 0. The van der Waals surface area contributed by atoms with Gasteiger partial charge in [0.05, 0.1) is 5.54 Å². The molecule has 1 saturated carbocycles. The number of ether oxygens (including phenoxy) is 1. The quantitative estimate of drug-likeness (QED) is 0.749. The van der Waals surface area contributed by atoms with Gasteiger partial charge in [0.2, 0.25) is 6.54 Å². The van der Waals surface area contributed by atoms with E-state index in [1.54, 1.807) is 0 Å². The molecule has 0 aromatic rings. The Morgan fingerprint density at radius 2 is 2.12 bits per heavy atom. The fourth-order valence-electron chi connectivity index (χ4n) is 1.83. The van der Waals surface area contributed by atoms with E-state index in [4.69, 9.17) is 11.3 Å². The molecule has 16 heavy (non-hydrogen) atoms. The zero-order valence-corrected chi connectivity index (χ0v) is 10.3. The van der Waals surface area contributed by atoms with Crippen LogP contribution < -0.4 is 5.32 Å². The molecule has 0 radical (unpaired) electrons. The van der Waals surface area contributed by atoms with Crippen LogP contribution in [0.25, 0.3) is 4.85 Å². The zero-order chi connectivity index (χ0) is 12.2. The highest BCUT2D eigenvalue weighted by molar-refractivity contribution is 5.69. The van der Waals surface area contributed by atoms with Crippen LogP contribution in [0.2, 0.25) is 0 Å². The van der Waals surface area contributed by atoms with E-state index in [-0.39, 0.29) is 11.6 Å². The lowest BCUT2D eigenvalue weighted by molar-refractivity contribution is 0.0377. The van der Waals surface area contributed by atoms with E-state index in [0.717, 1.165) is 25.7 Å². The van der Waals surface area contributed by atoms with E-state index in [2.05, 4.69) is 10.2 Å². The first kappa shape index (κ1) is 12.8. The first-order valence-corrected chi connectivity index (χ1v) is 5.71. The van der Waals surface area contributed by atoms with E-state index in [1.165, 1.54) is 0 Å². The largest absolute Gasteiger partial charge is 0.444 e. The van der Waals surface area contributed by atoms with Crippen molar-refractivity contribution in [3.05, 3.63) is 11.4 Å². The average molecular weight is 224 g/mol. The van der Waals surface area contributed by atoms with Crippen LogP contribution >= 0.6 is 0 Å². The molecule has 1 amide bonds. The zero-order valence-electron chi connectivity index (χ0n) is 10.3. The van der Waals surface area contributed by atoms with Crippen molar-refractivity contribution < 1.29 is 9.53 Å². The summed E-state index contributed by atoms with van der Waals surface area (Å²) in [5, 5.41) is 2.92. The maximum Gasteiger partial charge on any atom is 0.408 e. The molecule has 0 atom stereocenters. The van der Waals surface area contributed by atoms with Gasteiger partial charge in [-0.15, -0.1) is 0 Å². The van der Waals surface area contributed by atoms with Crippen molar-refractivity contribution >= 4 is 6.09 Å². The molecule has 1 fully saturated rings. The number of nitrogens with zero attached hydrogens (tertiary/aromatic N) is 1.